The maximum absolute atomic E-state index is 13.1. The molecule has 1 atom stereocenters. The minimum absolute atomic E-state index is 0.0744. The largest absolute Gasteiger partial charge is 0.472 e. The standard InChI is InChI=1S/C24H20F3N3O3/c25-24(26,27)17-10-4-5-11-18(17)29-20(31)13-7-15-30-22-19(12-6-14-28-22)33-21(23(30)32)16-8-2-1-3-9-16/h1-6,8-12,14,21H,7,13,15H2,(H,29,31)/t21-/m1/s1. The highest BCUT2D eigenvalue weighted by molar-refractivity contribution is 5.99. The van der Waals surface area contributed by atoms with Crippen LogP contribution in [0.5, 0.6) is 5.75 Å². The first-order valence-electron chi connectivity index (χ1n) is 10.3. The molecule has 1 aromatic heterocycles. The lowest BCUT2D eigenvalue weighted by atomic mass is 10.1. The van der Waals surface area contributed by atoms with E-state index < -0.39 is 23.8 Å². The van der Waals surface area contributed by atoms with Crippen LogP contribution in [0.2, 0.25) is 0 Å². The summed E-state index contributed by atoms with van der Waals surface area (Å²) in [5.74, 6) is -0.115. The van der Waals surface area contributed by atoms with E-state index in [1.807, 2.05) is 6.07 Å². The van der Waals surface area contributed by atoms with Gasteiger partial charge in [-0.05, 0) is 30.7 Å². The molecule has 2 heterocycles. The number of alkyl halides is 3. The summed E-state index contributed by atoms with van der Waals surface area (Å²) in [5, 5.41) is 2.32. The first-order valence-corrected chi connectivity index (χ1v) is 10.3. The van der Waals surface area contributed by atoms with Crippen LogP contribution in [0.3, 0.4) is 0 Å². The zero-order valence-electron chi connectivity index (χ0n) is 17.4. The van der Waals surface area contributed by atoms with Crippen molar-refractivity contribution < 1.29 is 27.5 Å². The monoisotopic (exact) mass is 455 g/mol. The van der Waals surface area contributed by atoms with E-state index in [0.29, 0.717) is 17.1 Å². The molecule has 1 aliphatic heterocycles. The molecule has 2 amide bonds. The van der Waals surface area contributed by atoms with Crippen LogP contribution in [0.1, 0.15) is 30.1 Å². The number of hydrogen-bond donors (Lipinski definition) is 1. The molecular weight excluding hydrogens is 435 g/mol. The molecule has 0 bridgehead atoms. The van der Waals surface area contributed by atoms with Crippen LogP contribution in [0, 0.1) is 0 Å². The quantitative estimate of drug-likeness (QED) is 0.569. The molecule has 1 aliphatic rings. The van der Waals surface area contributed by atoms with Gasteiger partial charge in [-0.3, -0.25) is 14.5 Å². The average molecular weight is 455 g/mol. The predicted molar refractivity (Wildman–Crippen MR) is 116 cm³/mol. The number of pyridine rings is 1. The number of aromatic nitrogens is 1. The number of carbonyl (C=O) groups is 2. The minimum Gasteiger partial charge on any atom is -0.472 e. The van der Waals surface area contributed by atoms with E-state index in [4.69, 9.17) is 4.74 Å². The molecule has 33 heavy (non-hydrogen) atoms. The molecule has 0 saturated carbocycles. The first kappa shape index (κ1) is 22.3. The smallest absolute Gasteiger partial charge is 0.418 e. The Morgan fingerprint density at radius 2 is 1.76 bits per heavy atom. The molecule has 1 N–H and O–H groups in total. The Kier molecular flexibility index (Phi) is 6.30. The zero-order chi connectivity index (χ0) is 23.4. The van der Waals surface area contributed by atoms with Gasteiger partial charge in [-0.15, -0.1) is 0 Å². The summed E-state index contributed by atoms with van der Waals surface area (Å²) >= 11 is 0. The second-order valence-corrected chi connectivity index (χ2v) is 7.42. The van der Waals surface area contributed by atoms with Gasteiger partial charge in [0.25, 0.3) is 5.91 Å². The number of carbonyl (C=O) groups excluding carboxylic acids is 2. The third kappa shape index (κ3) is 4.97. The highest BCUT2D eigenvalue weighted by atomic mass is 19.4. The van der Waals surface area contributed by atoms with Crippen LogP contribution in [-0.4, -0.2) is 23.3 Å². The normalized spacial score (nSPS) is 15.5. The van der Waals surface area contributed by atoms with Gasteiger partial charge < -0.3 is 10.1 Å². The zero-order valence-corrected chi connectivity index (χ0v) is 17.4. The predicted octanol–water partition coefficient (Wildman–Crippen LogP) is 4.99. The Balaban J connectivity index is 1.44. The first-order chi connectivity index (χ1) is 15.8. The third-order valence-corrected chi connectivity index (χ3v) is 5.14. The highest BCUT2D eigenvalue weighted by Gasteiger charge is 2.36. The summed E-state index contributed by atoms with van der Waals surface area (Å²) in [7, 11) is 0. The van der Waals surface area contributed by atoms with Gasteiger partial charge in [-0.2, -0.15) is 13.2 Å². The molecule has 2 aromatic carbocycles. The molecule has 9 heteroatoms. The van der Waals surface area contributed by atoms with Crippen LogP contribution < -0.4 is 15.0 Å². The van der Waals surface area contributed by atoms with Crippen LogP contribution in [-0.2, 0) is 15.8 Å². The van der Waals surface area contributed by atoms with Crippen LogP contribution in [0.25, 0.3) is 0 Å². The molecule has 0 unspecified atom stereocenters. The van der Waals surface area contributed by atoms with Crippen LogP contribution >= 0.6 is 0 Å². The van der Waals surface area contributed by atoms with E-state index in [1.165, 1.54) is 29.3 Å². The maximum atomic E-state index is 13.1. The van der Waals surface area contributed by atoms with Gasteiger partial charge in [0, 0.05) is 24.7 Å². The number of benzene rings is 2. The van der Waals surface area contributed by atoms with E-state index in [1.54, 1.807) is 36.4 Å². The maximum Gasteiger partial charge on any atom is 0.418 e. The summed E-state index contributed by atoms with van der Waals surface area (Å²) in [6.07, 6.45) is -3.74. The van der Waals surface area contributed by atoms with E-state index in [-0.39, 0.29) is 31.0 Å². The van der Waals surface area contributed by atoms with Gasteiger partial charge in [0.2, 0.25) is 12.0 Å². The van der Waals surface area contributed by atoms with Crippen molar-refractivity contribution in [2.24, 2.45) is 0 Å². The van der Waals surface area contributed by atoms with Crippen molar-refractivity contribution in [2.45, 2.75) is 25.1 Å². The second-order valence-electron chi connectivity index (χ2n) is 7.42. The lowest BCUT2D eigenvalue weighted by Gasteiger charge is -2.33. The topological polar surface area (TPSA) is 71.5 Å². The summed E-state index contributed by atoms with van der Waals surface area (Å²) in [4.78, 5) is 31.2. The lowest BCUT2D eigenvalue weighted by molar-refractivity contribution is -0.137. The van der Waals surface area contributed by atoms with Crippen molar-refractivity contribution in [3.63, 3.8) is 0 Å². The number of fused-ring (bicyclic) bond motifs is 1. The molecule has 6 nitrogen and oxygen atoms in total. The molecular formula is C24H20F3N3O3. The Hall–Kier alpha value is -3.88. The summed E-state index contributed by atoms with van der Waals surface area (Å²) < 4.78 is 45.3. The van der Waals surface area contributed by atoms with E-state index in [0.717, 1.165) is 6.07 Å². The summed E-state index contributed by atoms with van der Waals surface area (Å²) in [5.41, 5.74) is -0.525. The average Bonchev–Trinajstić information content (AvgIpc) is 2.80. The number of nitrogens with zero attached hydrogens (tertiary/aromatic N) is 2. The van der Waals surface area contributed by atoms with E-state index in [2.05, 4.69) is 10.3 Å². The Labute approximate surface area is 188 Å². The molecule has 0 fully saturated rings. The molecule has 0 aliphatic carbocycles. The molecule has 4 rings (SSSR count). The number of nitrogens with one attached hydrogen (secondary N) is 1. The van der Waals surface area contributed by atoms with E-state index >= 15 is 0 Å². The lowest BCUT2D eigenvalue weighted by Crippen LogP contribution is -2.42. The van der Waals surface area contributed by atoms with E-state index in [9.17, 15) is 22.8 Å². The Morgan fingerprint density at radius 1 is 1.03 bits per heavy atom. The van der Waals surface area contributed by atoms with Crippen molar-refractivity contribution in [2.75, 3.05) is 16.8 Å². The number of amides is 2. The minimum atomic E-state index is -4.58. The van der Waals surface area contributed by atoms with Gasteiger partial charge in [0.05, 0.1) is 11.3 Å². The summed E-state index contributed by atoms with van der Waals surface area (Å²) in [6.45, 7) is 0.157. The molecule has 3 aromatic rings. The number of hydrogen-bond acceptors (Lipinski definition) is 4. The van der Waals surface area contributed by atoms with Crippen molar-refractivity contribution in [3.8, 4) is 5.75 Å². The molecule has 0 radical (unpaired) electrons. The van der Waals surface area contributed by atoms with Gasteiger partial charge in [0.15, 0.2) is 11.6 Å². The number of ether oxygens (including phenoxy) is 1. The fourth-order valence-corrected chi connectivity index (χ4v) is 3.60. The fraction of sp³-hybridized carbons (Fsp3) is 0.208. The number of rotatable bonds is 6. The number of para-hydroxylation sites is 1. The van der Waals surface area contributed by atoms with Gasteiger partial charge in [-0.1, -0.05) is 42.5 Å². The SMILES string of the molecule is O=C(CCCN1C(=O)[C@@H](c2ccccc2)Oc2cccnc21)Nc1ccccc1C(F)(F)F. The highest BCUT2D eigenvalue weighted by Crippen LogP contribution is 2.37. The fourth-order valence-electron chi connectivity index (χ4n) is 3.60. The van der Waals surface area contributed by atoms with Gasteiger partial charge in [-0.25, -0.2) is 4.98 Å². The second kappa shape index (κ2) is 9.32. The van der Waals surface area contributed by atoms with Gasteiger partial charge >= 0.3 is 6.18 Å². The van der Waals surface area contributed by atoms with Crippen molar-refractivity contribution in [3.05, 3.63) is 84.1 Å². The van der Waals surface area contributed by atoms with Crippen LogP contribution in [0.15, 0.2) is 72.9 Å². The Morgan fingerprint density at radius 3 is 2.52 bits per heavy atom. The number of halogens is 3. The number of anilines is 2. The summed E-state index contributed by atoms with van der Waals surface area (Å²) in [6, 6.07) is 17.2. The Bertz CT molecular complexity index is 1150. The van der Waals surface area contributed by atoms with Crippen molar-refractivity contribution in [1.29, 1.82) is 0 Å². The molecule has 170 valence electrons. The third-order valence-electron chi connectivity index (χ3n) is 5.14. The van der Waals surface area contributed by atoms with Gasteiger partial charge in [0.1, 0.15) is 0 Å². The van der Waals surface area contributed by atoms with Crippen molar-refractivity contribution >= 4 is 23.3 Å². The van der Waals surface area contributed by atoms with Crippen molar-refractivity contribution in [1.82, 2.24) is 4.98 Å². The van der Waals surface area contributed by atoms with Crippen LogP contribution in [0.4, 0.5) is 24.7 Å². The molecule has 0 spiro atoms. The molecule has 0 saturated heterocycles.